The predicted octanol–water partition coefficient (Wildman–Crippen LogP) is 2.08. The quantitative estimate of drug-likeness (QED) is 0.646. The summed E-state index contributed by atoms with van der Waals surface area (Å²) in [6, 6.07) is 9.05. The maximum atomic E-state index is 11.9. The third kappa shape index (κ3) is 1.45. The number of methoxy groups -OCH3 is 1. The van der Waals surface area contributed by atoms with Crippen molar-refractivity contribution in [2.24, 2.45) is 0 Å². The minimum absolute atomic E-state index is 0.126. The van der Waals surface area contributed by atoms with Crippen molar-refractivity contribution in [1.82, 2.24) is 9.97 Å². The van der Waals surface area contributed by atoms with Crippen LogP contribution in [0.4, 0.5) is 0 Å². The Morgan fingerprint density at radius 2 is 2.12 bits per heavy atom. The van der Waals surface area contributed by atoms with Crippen molar-refractivity contribution in [2.45, 2.75) is 0 Å². The van der Waals surface area contributed by atoms with Crippen LogP contribution in [0.5, 0.6) is 5.75 Å². The standard InChI is InChI=1S/C13H10N2O2/c1-17-8-4-5-9-10(7-8)13(16)15-11-3-2-6-14-12(9)11/h2-7H,1H3,(H,15,16). The van der Waals surface area contributed by atoms with Crippen LogP contribution in [0, 0.1) is 0 Å². The fourth-order valence-electron chi connectivity index (χ4n) is 1.96. The second-order valence-corrected chi connectivity index (χ2v) is 3.77. The third-order valence-electron chi connectivity index (χ3n) is 2.78. The molecule has 2 heterocycles. The van der Waals surface area contributed by atoms with Crippen LogP contribution in [0.25, 0.3) is 21.8 Å². The molecule has 0 radical (unpaired) electrons. The van der Waals surface area contributed by atoms with Crippen molar-refractivity contribution >= 4 is 21.8 Å². The summed E-state index contributed by atoms with van der Waals surface area (Å²) < 4.78 is 5.12. The van der Waals surface area contributed by atoms with Gasteiger partial charge in [-0.2, -0.15) is 0 Å². The molecule has 0 aliphatic rings. The molecule has 1 N–H and O–H groups in total. The van der Waals surface area contributed by atoms with E-state index in [1.54, 1.807) is 25.4 Å². The topological polar surface area (TPSA) is 55.0 Å². The Bertz CT molecular complexity index is 762. The van der Waals surface area contributed by atoms with E-state index in [1.165, 1.54) is 0 Å². The summed E-state index contributed by atoms with van der Waals surface area (Å²) in [6.07, 6.45) is 1.71. The zero-order valence-corrected chi connectivity index (χ0v) is 9.23. The fraction of sp³-hybridized carbons (Fsp3) is 0.0769. The second kappa shape index (κ2) is 3.59. The van der Waals surface area contributed by atoms with Crippen LogP contribution >= 0.6 is 0 Å². The molecular weight excluding hydrogens is 216 g/mol. The van der Waals surface area contributed by atoms with Gasteiger partial charge in [0.25, 0.3) is 5.56 Å². The van der Waals surface area contributed by atoms with Crippen molar-refractivity contribution in [2.75, 3.05) is 7.11 Å². The molecule has 0 bridgehead atoms. The maximum absolute atomic E-state index is 11.9. The van der Waals surface area contributed by atoms with E-state index in [1.807, 2.05) is 18.2 Å². The molecule has 0 amide bonds. The third-order valence-corrected chi connectivity index (χ3v) is 2.78. The normalized spacial score (nSPS) is 10.9. The van der Waals surface area contributed by atoms with Gasteiger partial charge >= 0.3 is 0 Å². The van der Waals surface area contributed by atoms with Crippen LogP contribution in [-0.4, -0.2) is 17.1 Å². The number of rotatable bonds is 1. The highest BCUT2D eigenvalue weighted by molar-refractivity contribution is 6.03. The summed E-state index contributed by atoms with van der Waals surface area (Å²) in [5.41, 5.74) is 1.42. The molecule has 0 fully saturated rings. The largest absolute Gasteiger partial charge is 0.497 e. The number of pyridine rings is 2. The van der Waals surface area contributed by atoms with Gasteiger partial charge in [-0.25, -0.2) is 0 Å². The first kappa shape index (κ1) is 9.84. The number of fused-ring (bicyclic) bond motifs is 3. The van der Waals surface area contributed by atoms with Crippen molar-refractivity contribution < 1.29 is 4.74 Å². The Morgan fingerprint density at radius 3 is 2.94 bits per heavy atom. The summed E-state index contributed by atoms with van der Waals surface area (Å²) in [5, 5.41) is 1.43. The summed E-state index contributed by atoms with van der Waals surface area (Å²) in [5.74, 6) is 0.665. The van der Waals surface area contributed by atoms with E-state index in [4.69, 9.17) is 4.74 Å². The van der Waals surface area contributed by atoms with E-state index >= 15 is 0 Å². The first-order valence-corrected chi connectivity index (χ1v) is 5.24. The molecule has 0 saturated carbocycles. The average Bonchev–Trinajstić information content (AvgIpc) is 2.38. The lowest BCUT2D eigenvalue weighted by Crippen LogP contribution is -2.06. The highest BCUT2D eigenvalue weighted by Crippen LogP contribution is 2.22. The molecule has 0 unspecified atom stereocenters. The first-order chi connectivity index (χ1) is 8.29. The lowest BCUT2D eigenvalue weighted by atomic mass is 10.1. The summed E-state index contributed by atoms with van der Waals surface area (Å²) in [6.45, 7) is 0. The molecule has 2 aromatic heterocycles. The van der Waals surface area contributed by atoms with E-state index in [-0.39, 0.29) is 5.56 Å². The molecular formula is C13H10N2O2. The zero-order valence-electron chi connectivity index (χ0n) is 9.23. The molecule has 3 aromatic rings. The minimum Gasteiger partial charge on any atom is -0.497 e. The molecule has 0 aliphatic heterocycles. The van der Waals surface area contributed by atoms with Crippen LogP contribution in [-0.2, 0) is 0 Å². The lowest BCUT2D eigenvalue weighted by molar-refractivity contribution is 0.415. The molecule has 0 spiro atoms. The monoisotopic (exact) mass is 226 g/mol. The molecule has 1 aromatic carbocycles. The Hall–Kier alpha value is -2.36. The number of hydrogen-bond donors (Lipinski definition) is 1. The van der Waals surface area contributed by atoms with Gasteiger partial charge in [-0.3, -0.25) is 9.78 Å². The van der Waals surface area contributed by atoms with Gasteiger partial charge in [0.1, 0.15) is 5.75 Å². The molecule has 0 saturated heterocycles. The summed E-state index contributed by atoms with van der Waals surface area (Å²) in [4.78, 5) is 19.0. The van der Waals surface area contributed by atoms with Gasteiger partial charge in [-0.1, -0.05) is 0 Å². The smallest absolute Gasteiger partial charge is 0.256 e. The molecule has 4 heteroatoms. The van der Waals surface area contributed by atoms with Gasteiger partial charge < -0.3 is 9.72 Å². The highest BCUT2D eigenvalue weighted by Gasteiger charge is 2.06. The van der Waals surface area contributed by atoms with Gasteiger partial charge in [0.05, 0.1) is 23.5 Å². The molecule has 0 aliphatic carbocycles. The van der Waals surface area contributed by atoms with E-state index in [0.717, 1.165) is 16.4 Å². The molecule has 0 atom stereocenters. The molecule has 3 rings (SSSR count). The van der Waals surface area contributed by atoms with Crippen LogP contribution < -0.4 is 10.3 Å². The Morgan fingerprint density at radius 1 is 1.24 bits per heavy atom. The molecule has 84 valence electrons. The van der Waals surface area contributed by atoms with Gasteiger partial charge in [0.15, 0.2) is 0 Å². The predicted molar refractivity (Wildman–Crippen MR) is 66.4 cm³/mol. The fourth-order valence-corrected chi connectivity index (χ4v) is 1.96. The summed E-state index contributed by atoms with van der Waals surface area (Å²) >= 11 is 0. The van der Waals surface area contributed by atoms with Crippen LogP contribution in [0.1, 0.15) is 0 Å². The maximum Gasteiger partial charge on any atom is 0.256 e. The Kier molecular flexibility index (Phi) is 2.08. The first-order valence-electron chi connectivity index (χ1n) is 5.24. The van der Waals surface area contributed by atoms with Crippen LogP contribution in [0.2, 0.25) is 0 Å². The molecule has 17 heavy (non-hydrogen) atoms. The van der Waals surface area contributed by atoms with Crippen LogP contribution in [0.15, 0.2) is 41.3 Å². The number of nitrogens with one attached hydrogen (secondary N) is 1. The minimum atomic E-state index is -0.126. The Labute approximate surface area is 96.9 Å². The number of aromatic nitrogens is 2. The lowest BCUT2D eigenvalue weighted by Gasteiger charge is -2.04. The van der Waals surface area contributed by atoms with E-state index in [0.29, 0.717) is 11.1 Å². The average molecular weight is 226 g/mol. The number of H-pyrrole nitrogens is 1. The second-order valence-electron chi connectivity index (χ2n) is 3.77. The number of nitrogens with zero attached hydrogens (tertiary/aromatic N) is 1. The number of aromatic amines is 1. The van der Waals surface area contributed by atoms with E-state index < -0.39 is 0 Å². The zero-order chi connectivity index (χ0) is 11.8. The van der Waals surface area contributed by atoms with E-state index in [2.05, 4.69) is 9.97 Å². The highest BCUT2D eigenvalue weighted by atomic mass is 16.5. The van der Waals surface area contributed by atoms with Crippen molar-refractivity contribution in [1.29, 1.82) is 0 Å². The van der Waals surface area contributed by atoms with E-state index in [9.17, 15) is 4.79 Å². The number of hydrogen-bond acceptors (Lipinski definition) is 3. The van der Waals surface area contributed by atoms with Crippen molar-refractivity contribution in [3.63, 3.8) is 0 Å². The SMILES string of the molecule is COc1ccc2c(c1)c(=O)[nH]c1cccnc12. The molecule has 4 nitrogen and oxygen atoms in total. The number of benzene rings is 1. The Balaban J connectivity index is 2.54. The van der Waals surface area contributed by atoms with Crippen molar-refractivity contribution in [3.05, 3.63) is 46.9 Å². The van der Waals surface area contributed by atoms with Crippen LogP contribution in [0.3, 0.4) is 0 Å². The van der Waals surface area contributed by atoms with Gasteiger partial charge in [-0.15, -0.1) is 0 Å². The summed E-state index contributed by atoms with van der Waals surface area (Å²) in [7, 11) is 1.58. The number of ether oxygens (including phenoxy) is 1. The van der Waals surface area contributed by atoms with Gasteiger partial charge in [0.2, 0.25) is 0 Å². The van der Waals surface area contributed by atoms with Gasteiger partial charge in [0, 0.05) is 11.6 Å². The van der Waals surface area contributed by atoms with Crippen molar-refractivity contribution in [3.8, 4) is 5.75 Å². The van der Waals surface area contributed by atoms with Gasteiger partial charge in [-0.05, 0) is 30.3 Å².